The van der Waals surface area contributed by atoms with Crippen molar-refractivity contribution in [1.29, 1.82) is 0 Å². The Bertz CT molecular complexity index is 838. The van der Waals surface area contributed by atoms with Crippen LogP contribution in [0, 0.1) is 0 Å². The third-order valence-corrected chi connectivity index (χ3v) is 7.01. The van der Waals surface area contributed by atoms with Gasteiger partial charge in [-0.2, -0.15) is 4.31 Å². The zero-order valence-electron chi connectivity index (χ0n) is 16.3. The molecule has 0 radical (unpaired) electrons. The molecule has 1 spiro atoms. The van der Waals surface area contributed by atoms with E-state index in [4.69, 9.17) is 9.57 Å². The summed E-state index contributed by atoms with van der Waals surface area (Å²) in [4.78, 5) is 18.2. The van der Waals surface area contributed by atoms with Gasteiger partial charge in [0.25, 0.3) is 5.91 Å². The number of nitrogens with one attached hydrogen (secondary N) is 1. The predicted octanol–water partition coefficient (Wildman–Crippen LogP) is 2.37. The number of carbonyl (C=O) groups excluding carboxylic acids is 1. The highest BCUT2D eigenvalue weighted by atomic mass is 32.2. The van der Waals surface area contributed by atoms with Crippen LogP contribution in [0.1, 0.15) is 39.0 Å². The lowest BCUT2D eigenvalue weighted by Gasteiger charge is -2.37. The van der Waals surface area contributed by atoms with Crippen molar-refractivity contribution >= 4 is 27.3 Å². The van der Waals surface area contributed by atoms with Crippen molar-refractivity contribution in [2.75, 3.05) is 31.3 Å². The third-order valence-electron chi connectivity index (χ3n) is 5.10. The largest absolute Gasteiger partial charge is 0.497 e. The number of methoxy groups -OCH3 is 1. The van der Waals surface area contributed by atoms with E-state index in [1.165, 1.54) is 4.31 Å². The lowest BCUT2D eigenvalue weighted by Crippen LogP contribution is -2.51. The van der Waals surface area contributed by atoms with Gasteiger partial charge in [-0.1, -0.05) is 18.5 Å². The maximum Gasteiger partial charge on any atom is 0.273 e. The van der Waals surface area contributed by atoms with Crippen molar-refractivity contribution in [3.8, 4) is 5.75 Å². The highest BCUT2D eigenvalue weighted by molar-refractivity contribution is 7.89. The summed E-state index contributed by atoms with van der Waals surface area (Å²) in [5.74, 6) is 0.503. The lowest BCUT2D eigenvalue weighted by atomic mass is 9.89. The van der Waals surface area contributed by atoms with Crippen molar-refractivity contribution < 1.29 is 22.8 Å². The number of hydrogen-bond acceptors (Lipinski definition) is 6. The molecular formula is C19H27N3O5S. The van der Waals surface area contributed by atoms with E-state index in [-0.39, 0.29) is 23.9 Å². The van der Waals surface area contributed by atoms with Crippen LogP contribution in [0.4, 0.5) is 5.69 Å². The van der Waals surface area contributed by atoms with Crippen LogP contribution < -0.4 is 10.1 Å². The quantitative estimate of drug-likeness (QED) is 0.746. The number of nitrogens with zero attached hydrogens (tertiary/aromatic N) is 2. The summed E-state index contributed by atoms with van der Waals surface area (Å²) in [5, 5.41) is 6.77. The first-order valence-electron chi connectivity index (χ1n) is 9.56. The fourth-order valence-corrected chi connectivity index (χ4v) is 5.24. The molecule has 1 saturated heterocycles. The molecule has 8 nitrogen and oxygen atoms in total. The summed E-state index contributed by atoms with van der Waals surface area (Å²) < 4.78 is 31.7. The molecule has 2 heterocycles. The number of oxime groups is 1. The molecule has 9 heteroatoms. The minimum Gasteiger partial charge on any atom is -0.497 e. The summed E-state index contributed by atoms with van der Waals surface area (Å²) in [5.41, 5.74) is 0.162. The van der Waals surface area contributed by atoms with Crippen molar-refractivity contribution in [2.45, 2.75) is 44.6 Å². The Hall–Kier alpha value is -2.13. The van der Waals surface area contributed by atoms with Gasteiger partial charge in [0, 0.05) is 18.7 Å². The average Bonchev–Trinajstić information content (AvgIpc) is 3.10. The van der Waals surface area contributed by atoms with Crippen LogP contribution in [0.3, 0.4) is 0 Å². The van der Waals surface area contributed by atoms with Gasteiger partial charge in [0.15, 0.2) is 5.60 Å². The molecule has 1 aromatic rings. The maximum atomic E-state index is 12.5. The number of rotatable bonds is 7. The Morgan fingerprint density at radius 2 is 2.11 bits per heavy atom. The van der Waals surface area contributed by atoms with E-state index < -0.39 is 15.6 Å². The monoisotopic (exact) mass is 409 g/mol. The normalized spacial score (nSPS) is 22.6. The number of carbonyl (C=O) groups is 1. The number of anilines is 1. The first-order valence-corrected chi connectivity index (χ1v) is 11.2. The summed E-state index contributed by atoms with van der Waals surface area (Å²) in [6.07, 6.45) is 3.13. The van der Waals surface area contributed by atoms with Gasteiger partial charge in [0.05, 0.1) is 19.4 Å². The van der Waals surface area contributed by atoms with Gasteiger partial charge in [-0.3, -0.25) is 4.79 Å². The fourth-order valence-electron chi connectivity index (χ4n) is 3.49. The summed E-state index contributed by atoms with van der Waals surface area (Å²) >= 11 is 0. The topological polar surface area (TPSA) is 97.3 Å². The molecule has 2 aliphatic heterocycles. The molecule has 0 aromatic heterocycles. The number of amides is 1. The minimum absolute atomic E-state index is 0.144. The minimum atomic E-state index is -3.31. The number of hydrogen-bond donors (Lipinski definition) is 1. The molecule has 28 heavy (non-hydrogen) atoms. The number of unbranched alkanes of at least 4 members (excludes halogenated alkanes) is 1. The van der Waals surface area contributed by atoms with Gasteiger partial charge in [0.2, 0.25) is 10.0 Å². The molecule has 0 bridgehead atoms. The Kier molecular flexibility index (Phi) is 6.24. The van der Waals surface area contributed by atoms with E-state index in [1.54, 1.807) is 31.4 Å². The van der Waals surface area contributed by atoms with Crippen LogP contribution in [0.5, 0.6) is 5.75 Å². The molecule has 1 aromatic carbocycles. The van der Waals surface area contributed by atoms with Gasteiger partial charge >= 0.3 is 0 Å². The zero-order chi connectivity index (χ0) is 20.2. The molecule has 1 unspecified atom stereocenters. The first-order chi connectivity index (χ1) is 13.4. The Morgan fingerprint density at radius 3 is 2.79 bits per heavy atom. The second kappa shape index (κ2) is 8.48. The molecule has 154 valence electrons. The van der Waals surface area contributed by atoms with Gasteiger partial charge in [-0.25, -0.2) is 8.42 Å². The molecule has 1 atom stereocenters. The fraction of sp³-hybridized carbons (Fsp3) is 0.579. The van der Waals surface area contributed by atoms with Gasteiger partial charge in [-0.05, 0) is 43.5 Å². The van der Waals surface area contributed by atoms with Crippen LogP contribution in [-0.2, 0) is 19.7 Å². The number of benzene rings is 1. The summed E-state index contributed by atoms with van der Waals surface area (Å²) in [6.45, 7) is 2.70. The van der Waals surface area contributed by atoms with Crippen molar-refractivity contribution in [1.82, 2.24) is 4.31 Å². The lowest BCUT2D eigenvalue weighted by molar-refractivity contribution is -0.110. The number of sulfonamides is 1. The smallest absolute Gasteiger partial charge is 0.273 e. The van der Waals surface area contributed by atoms with E-state index in [0.29, 0.717) is 43.7 Å². The molecule has 1 N–H and O–H groups in total. The third kappa shape index (κ3) is 4.64. The second-order valence-corrected chi connectivity index (χ2v) is 9.37. The average molecular weight is 410 g/mol. The molecule has 0 aliphatic carbocycles. The van der Waals surface area contributed by atoms with Crippen molar-refractivity contribution in [3.05, 3.63) is 24.3 Å². The van der Waals surface area contributed by atoms with Crippen LogP contribution in [-0.4, -0.2) is 55.9 Å². The molecule has 0 saturated carbocycles. The first kappa shape index (κ1) is 20.6. The number of ether oxygens (including phenoxy) is 1. The van der Waals surface area contributed by atoms with E-state index in [9.17, 15) is 13.2 Å². The van der Waals surface area contributed by atoms with Crippen LogP contribution >= 0.6 is 0 Å². The predicted molar refractivity (Wildman–Crippen MR) is 107 cm³/mol. The molecule has 2 aliphatic rings. The van der Waals surface area contributed by atoms with Gasteiger partial charge in [-0.15, -0.1) is 0 Å². The highest BCUT2D eigenvalue weighted by Crippen LogP contribution is 2.35. The van der Waals surface area contributed by atoms with Crippen LogP contribution in [0.2, 0.25) is 0 Å². The molecule has 1 amide bonds. The van der Waals surface area contributed by atoms with Gasteiger partial charge < -0.3 is 14.9 Å². The van der Waals surface area contributed by atoms with E-state index >= 15 is 0 Å². The summed E-state index contributed by atoms with van der Waals surface area (Å²) in [6, 6.07) is 6.99. The molecular weight excluding hydrogens is 382 g/mol. The van der Waals surface area contributed by atoms with Crippen molar-refractivity contribution in [3.63, 3.8) is 0 Å². The van der Waals surface area contributed by atoms with E-state index in [2.05, 4.69) is 10.5 Å². The van der Waals surface area contributed by atoms with Crippen molar-refractivity contribution in [2.24, 2.45) is 5.16 Å². The van der Waals surface area contributed by atoms with Crippen LogP contribution in [0.25, 0.3) is 0 Å². The standard InChI is InChI=1S/C19H27N3O5S/c1-3-4-12-28(24,25)22-11-5-10-19(14-22)13-17(21-27-19)18(23)20-15-6-8-16(26-2)9-7-15/h6-9H,3-5,10-14H2,1-2H3,(H,20,23). The Labute approximate surface area is 165 Å². The summed E-state index contributed by atoms with van der Waals surface area (Å²) in [7, 11) is -1.73. The Balaban J connectivity index is 1.61. The Morgan fingerprint density at radius 1 is 1.36 bits per heavy atom. The van der Waals surface area contributed by atoms with Crippen LogP contribution in [0.15, 0.2) is 29.4 Å². The molecule has 1 fully saturated rings. The second-order valence-electron chi connectivity index (χ2n) is 7.28. The molecule has 3 rings (SSSR count). The highest BCUT2D eigenvalue weighted by Gasteiger charge is 2.46. The SMILES string of the molecule is CCCCS(=O)(=O)N1CCCC2(CC(C(=O)Nc3ccc(OC)cc3)=NO2)C1. The van der Waals surface area contributed by atoms with Gasteiger partial charge in [0.1, 0.15) is 11.5 Å². The van der Waals surface area contributed by atoms with E-state index in [0.717, 1.165) is 6.42 Å². The van der Waals surface area contributed by atoms with E-state index in [1.807, 2.05) is 6.92 Å². The maximum absolute atomic E-state index is 12.5. The zero-order valence-corrected chi connectivity index (χ0v) is 17.1. The number of piperidine rings is 1.